The second-order valence-electron chi connectivity index (χ2n) is 7.47. The van der Waals surface area contributed by atoms with Crippen LogP contribution in [0.5, 0.6) is 0 Å². The molecule has 4 nitrogen and oxygen atoms in total. The Bertz CT molecular complexity index is 603. The number of esters is 1. The topological polar surface area (TPSA) is 46.6 Å². The molecule has 0 spiro atoms. The fourth-order valence-electron chi connectivity index (χ4n) is 4.32. The van der Waals surface area contributed by atoms with Crippen LogP contribution in [0.25, 0.3) is 0 Å². The molecule has 0 unspecified atom stereocenters. The molecule has 2 saturated carbocycles. The maximum Gasteiger partial charge on any atom is 0.338 e. The van der Waals surface area contributed by atoms with Crippen LogP contribution in [0, 0.1) is 3.57 Å². The highest BCUT2D eigenvalue weighted by Crippen LogP contribution is 2.30. The second-order valence-corrected chi connectivity index (χ2v) is 8.72. The Morgan fingerprint density at radius 1 is 0.962 bits per heavy atom. The summed E-state index contributed by atoms with van der Waals surface area (Å²) in [5, 5.41) is 0. The molecule has 0 atom stereocenters. The number of amides is 1. The predicted octanol–water partition coefficient (Wildman–Crippen LogP) is 4.94. The summed E-state index contributed by atoms with van der Waals surface area (Å²) < 4.78 is 6.35. The third-order valence-electron chi connectivity index (χ3n) is 5.61. The lowest BCUT2D eigenvalue weighted by Crippen LogP contribution is -2.50. The minimum atomic E-state index is -0.413. The zero-order chi connectivity index (χ0) is 18.4. The first-order valence-electron chi connectivity index (χ1n) is 9.89. The Labute approximate surface area is 169 Å². The number of rotatable bonds is 5. The Balaban J connectivity index is 1.63. The van der Waals surface area contributed by atoms with E-state index in [2.05, 4.69) is 27.5 Å². The summed E-state index contributed by atoms with van der Waals surface area (Å²) in [7, 11) is 0. The van der Waals surface area contributed by atoms with E-state index in [-0.39, 0.29) is 12.5 Å². The molecule has 1 aromatic carbocycles. The quantitative estimate of drug-likeness (QED) is 0.453. The maximum absolute atomic E-state index is 13.0. The molecule has 0 bridgehead atoms. The van der Waals surface area contributed by atoms with Crippen LogP contribution >= 0.6 is 22.6 Å². The highest BCUT2D eigenvalue weighted by molar-refractivity contribution is 14.1. The third-order valence-corrected chi connectivity index (χ3v) is 6.28. The molecule has 26 heavy (non-hydrogen) atoms. The molecule has 0 radical (unpaired) electrons. The molecule has 0 aliphatic heterocycles. The first-order chi connectivity index (χ1) is 12.6. The number of hydrogen-bond donors (Lipinski definition) is 0. The molecule has 5 heteroatoms. The molecule has 2 fully saturated rings. The summed E-state index contributed by atoms with van der Waals surface area (Å²) in [6.07, 6.45) is 11.7. The molecule has 3 rings (SSSR count). The van der Waals surface area contributed by atoms with Gasteiger partial charge in [0.1, 0.15) is 0 Å². The van der Waals surface area contributed by atoms with Crippen LogP contribution in [0.15, 0.2) is 24.3 Å². The number of benzene rings is 1. The molecule has 0 heterocycles. The van der Waals surface area contributed by atoms with Crippen molar-refractivity contribution < 1.29 is 14.3 Å². The highest BCUT2D eigenvalue weighted by atomic mass is 127. The number of carbonyl (C=O) groups is 2. The fourth-order valence-corrected chi connectivity index (χ4v) is 4.87. The van der Waals surface area contributed by atoms with E-state index in [1.165, 1.54) is 38.5 Å². The minimum Gasteiger partial charge on any atom is -0.452 e. The molecule has 2 aliphatic rings. The van der Waals surface area contributed by atoms with Crippen LogP contribution in [-0.4, -0.2) is 35.5 Å². The van der Waals surface area contributed by atoms with Gasteiger partial charge in [0.15, 0.2) is 6.61 Å². The van der Waals surface area contributed by atoms with Crippen molar-refractivity contribution in [3.05, 3.63) is 33.4 Å². The third kappa shape index (κ3) is 5.21. The van der Waals surface area contributed by atoms with Gasteiger partial charge < -0.3 is 9.64 Å². The van der Waals surface area contributed by atoms with E-state index in [4.69, 9.17) is 4.74 Å². The molecular weight excluding hydrogens is 441 g/mol. The van der Waals surface area contributed by atoms with Crippen LogP contribution < -0.4 is 0 Å². The molecular formula is C21H28INO3. The summed E-state index contributed by atoms with van der Waals surface area (Å²) >= 11 is 2.17. The molecule has 0 N–H and O–H groups in total. The number of carbonyl (C=O) groups excluding carboxylic acids is 2. The van der Waals surface area contributed by atoms with E-state index in [9.17, 15) is 9.59 Å². The number of ether oxygens (including phenoxy) is 1. The maximum atomic E-state index is 13.0. The van der Waals surface area contributed by atoms with Crippen molar-refractivity contribution in [2.24, 2.45) is 0 Å². The summed E-state index contributed by atoms with van der Waals surface area (Å²) in [6, 6.07) is 7.93. The molecule has 1 aromatic rings. The van der Waals surface area contributed by atoms with Gasteiger partial charge >= 0.3 is 5.97 Å². The Kier molecular flexibility index (Phi) is 7.34. The predicted molar refractivity (Wildman–Crippen MR) is 110 cm³/mol. The van der Waals surface area contributed by atoms with Crippen LogP contribution in [0.1, 0.15) is 74.6 Å². The number of nitrogens with zero attached hydrogens (tertiary/aromatic N) is 1. The van der Waals surface area contributed by atoms with Gasteiger partial charge in [0.2, 0.25) is 0 Å². The molecule has 142 valence electrons. The first-order valence-corrected chi connectivity index (χ1v) is 11.0. The van der Waals surface area contributed by atoms with E-state index in [0.717, 1.165) is 29.3 Å². The van der Waals surface area contributed by atoms with Gasteiger partial charge in [-0.3, -0.25) is 4.79 Å². The zero-order valence-electron chi connectivity index (χ0n) is 15.3. The van der Waals surface area contributed by atoms with Crippen molar-refractivity contribution in [3.63, 3.8) is 0 Å². The summed E-state index contributed by atoms with van der Waals surface area (Å²) in [5.41, 5.74) is 0.506. The number of halogens is 1. The molecule has 0 aromatic heterocycles. The molecule has 1 amide bonds. The normalized spacial score (nSPS) is 19.1. The standard InChI is InChI=1S/C21H28INO3/c22-17-9-7-8-16(14-17)21(25)26-15-20(24)23(18-10-3-1-4-11-18)19-12-5-2-6-13-19/h7-9,14,18-19H,1-6,10-13,15H2. The van der Waals surface area contributed by atoms with Gasteiger partial charge in [-0.15, -0.1) is 0 Å². The monoisotopic (exact) mass is 469 g/mol. The van der Waals surface area contributed by atoms with Gasteiger partial charge in [-0.25, -0.2) is 4.79 Å². The van der Waals surface area contributed by atoms with Gasteiger partial charge in [0, 0.05) is 15.7 Å². The van der Waals surface area contributed by atoms with Crippen molar-refractivity contribution in [1.82, 2.24) is 4.90 Å². The van der Waals surface area contributed by atoms with Crippen LogP contribution in [0.4, 0.5) is 0 Å². The molecule has 2 aliphatic carbocycles. The van der Waals surface area contributed by atoms with E-state index < -0.39 is 5.97 Å². The van der Waals surface area contributed by atoms with Gasteiger partial charge in [-0.2, -0.15) is 0 Å². The van der Waals surface area contributed by atoms with Crippen LogP contribution in [0.2, 0.25) is 0 Å². The summed E-state index contributed by atoms with van der Waals surface area (Å²) in [4.78, 5) is 27.4. The van der Waals surface area contributed by atoms with Crippen molar-refractivity contribution >= 4 is 34.5 Å². The first kappa shape index (κ1) is 19.6. The van der Waals surface area contributed by atoms with Gasteiger partial charge in [0.25, 0.3) is 5.91 Å². The fraction of sp³-hybridized carbons (Fsp3) is 0.619. The van der Waals surface area contributed by atoms with Crippen molar-refractivity contribution in [2.45, 2.75) is 76.3 Å². The van der Waals surface area contributed by atoms with Crippen molar-refractivity contribution in [2.75, 3.05) is 6.61 Å². The largest absolute Gasteiger partial charge is 0.452 e. The van der Waals surface area contributed by atoms with Crippen LogP contribution in [0.3, 0.4) is 0 Å². The van der Waals surface area contributed by atoms with E-state index in [0.29, 0.717) is 17.6 Å². The Hall–Kier alpha value is -1.11. The van der Waals surface area contributed by atoms with Crippen molar-refractivity contribution in [3.8, 4) is 0 Å². The van der Waals surface area contributed by atoms with E-state index in [1.54, 1.807) is 12.1 Å². The van der Waals surface area contributed by atoms with Gasteiger partial charge in [0.05, 0.1) is 5.56 Å². The minimum absolute atomic E-state index is 0.0113. The number of hydrogen-bond acceptors (Lipinski definition) is 3. The zero-order valence-corrected chi connectivity index (χ0v) is 17.4. The van der Waals surface area contributed by atoms with E-state index in [1.807, 2.05) is 12.1 Å². The average Bonchev–Trinajstić information content (AvgIpc) is 2.68. The van der Waals surface area contributed by atoms with Gasteiger partial charge in [-0.1, -0.05) is 44.6 Å². The Morgan fingerprint density at radius 3 is 2.08 bits per heavy atom. The van der Waals surface area contributed by atoms with Crippen LogP contribution in [-0.2, 0) is 9.53 Å². The lowest BCUT2D eigenvalue weighted by molar-refractivity contribution is -0.141. The van der Waals surface area contributed by atoms with Crippen molar-refractivity contribution in [1.29, 1.82) is 0 Å². The Morgan fingerprint density at radius 2 is 1.54 bits per heavy atom. The summed E-state index contributed by atoms with van der Waals surface area (Å²) in [6.45, 7) is -0.142. The second kappa shape index (κ2) is 9.72. The van der Waals surface area contributed by atoms with E-state index >= 15 is 0 Å². The van der Waals surface area contributed by atoms with Gasteiger partial charge in [-0.05, 0) is 66.5 Å². The smallest absolute Gasteiger partial charge is 0.338 e. The lowest BCUT2D eigenvalue weighted by atomic mass is 9.88. The lowest BCUT2D eigenvalue weighted by Gasteiger charge is -2.41. The molecule has 0 saturated heterocycles. The highest BCUT2D eigenvalue weighted by Gasteiger charge is 2.32. The SMILES string of the molecule is O=C(OCC(=O)N(C1CCCCC1)C1CCCCC1)c1cccc(I)c1. The summed E-state index contributed by atoms with van der Waals surface area (Å²) in [5.74, 6) is -0.424. The average molecular weight is 469 g/mol.